The lowest BCUT2D eigenvalue weighted by Gasteiger charge is -2.40. The normalized spacial score (nSPS) is 23.4. The smallest absolute Gasteiger partial charge is 0.302 e. The first-order chi connectivity index (χ1) is 11.9. The van der Waals surface area contributed by atoms with Crippen LogP contribution in [-0.4, -0.2) is 38.9 Å². The summed E-state index contributed by atoms with van der Waals surface area (Å²) in [6.07, 6.45) is 9.98. The zero-order valence-electron chi connectivity index (χ0n) is 15.3. The van der Waals surface area contributed by atoms with Gasteiger partial charge in [-0.3, -0.25) is 9.59 Å². The van der Waals surface area contributed by atoms with Crippen LogP contribution in [0.4, 0.5) is 0 Å². The maximum absolute atomic E-state index is 13.4. The molecule has 5 nitrogen and oxygen atoms in total. The molecule has 0 amide bonds. The molecule has 0 radical (unpaired) electrons. The molecule has 0 N–H and O–H groups in total. The Morgan fingerprint density at radius 1 is 0.840 bits per heavy atom. The lowest BCUT2D eigenvalue weighted by Crippen LogP contribution is -2.44. The van der Waals surface area contributed by atoms with E-state index in [1.165, 1.54) is 31.1 Å². The molecule has 0 unspecified atom stereocenters. The largest absolute Gasteiger partial charge is 0.464 e. The zero-order valence-corrected chi connectivity index (χ0v) is 17.0. The van der Waals surface area contributed by atoms with E-state index in [0.29, 0.717) is 6.61 Å². The van der Waals surface area contributed by atoms with Crippen LogP contribution in [-0.2, 0) is 28.9 Å². The average Bonchev–Trinajstić information content (AvgIpc) is 2.60. The molecule has 0 aromatic heterocycles. The van der Waals surface area contributed by atoms with Crippen molar-refractivity contribution in [2.75, 3.05) is 13.2 Å². The van der Waals surface area contributed by atoms with Gasteiger partial charge in [-0.2, -0.15) is 0 Å². The number of ether oxygens (including phenoxy) is 2. The Labute approximate surface area is 156 Å². The van der Waals surface area contributed by atoms with Crippen molar-refractivity contribution < 1.29 is 23.3 Å². The van der Waals surface area contributed by atoms with Gasteiger partial charge in [-0.25, -0.2) is 4.21 Å². The number of esters is 2. The minimum Gasteiger partial charge on any atom is -0.464 e. The molecule has 1 atom stereocenters. The van der Waals surface area contributed by atoms with E-state index in [1.807, 2.05) is 0 Å². The molecule has 2 fully saturated rings. The van der Waals surface area contributed by atoms with Crippen LogP contribution >= 0.6 is 10.8 Å². The molecule has 0 spiro atoms. The van der Waals surface area contributed by atoms with Crippen molar-refractivity contribution in [1.29, 1.82) is 0 Å². The second-order valence-electron chi connectivity index (χ2n) is 7.37. The van der Waals surface area contributed by atoms with E-state index in [9.17, 15) is 13.8 Å². The van der Waals surface area contributed by atoms with E-state index in [2.05, 4.69) is 0 Å². The van der Waals surface area contributed by atoms with Crippen LogP contribution in [0.25, 0.3) is 0 Å². The highest BCUT2D eigenvalue weighted by atomic mass is 33.1. The molecule has 2 aliphatic rings. The van der Waals surface area contributed by atoms with Gasteiger partial charge in [-0.15, -0.1) is 0 Å². The van der Waals surface area contributed by atoms with Crippen molar-refractivity contribution in [3.8, 4) is 0 Å². The van der Waals surface area contributed by atoms with Crippen LogP contribution in [0.15, 0.2) is 0 Å². The van der Waals surface area contributed by atoms with Gasteiger partial charge in [0.15, 0.2) is 0 Å². The Hall–Kier alpha value is -0.560. The topological polar surface area (TPSA) is 69.7 Å². The van der Waals surface area contributed by atoms with Gasteiger partial charge in [0.05, 0.1) is 19.3 Å². The van der Waals surface area contributed by atoms with Gasteiger partial charge in [-0.1, -0.05) is 49.3 Å². The van der Waals surface area contributed by atoms with Crippen molar-refractivity contribution in [3.05, 3.63) is 0 Å². The maximum Gasteiger partial charge on any atom is 0.302 e. The third-order valence-electron chi connectivity index (χ3n) is 5.21. The van der Waals surface area contributed by atoms with Crippen LogP contribution in [0.5, 0.6) is 0 Å². The summed E-state index contributed by atoms with van der Waals surface area (Å²) in [5.74, 6) is -0.608. The summed E-state index contributed by atoms with van der Waals surface area (Å²) in [5, 5.41) is 0. The van der Waals surface area contributed by atoms with Crippen molar-refractivity contribution >= 4 is 32.6 Å². The van der Waals surface area contributed by atoms with Crippen LogP contribution in [0.2, 0.25) is 0 Å². The molecule has 144 valence electrons. The van der Waals surface area contributed by atoms with E-state index >= 15 is 0 Å². The number of carbonyl (C=O) groups is 2. The van der Waals surface area contributed by atoms with Gasteiger partial charge in [0.2, 0.25) is 0 Å². The summed E-state index contributed by atoms with van der Waals surface area (Å²) < 4.78 is 23.3. The van der Waals surface area contributed by atoms with E-state index in [-0.39, 0.29) is 23.3 Å². The number of hydrogen-bond donors (Lipinski definition) is 0. The van der Waals surface area contributed by atoms with Crippen LogP contribution in [0.1, 0.15) is 78.1 Å². The van der Waals surface area contributed by atoms with Gasteiger partial charge < -0.3 is 9.47 Å². The average molecular weight is 391 g/mol. The molecule has 25 heavy (non-hydrogen) atoms. The molecule has 2 aliphatic carbocycles. The van der Waals surface area contributed by atoms with Gasteiger partial charge in [0, 0.05) is 13.8 Å². The number of carbonyl (C=O) groups excluding carboxylic acids is 2. The molecule has 2 rings (SSSR count). The minimum absolute atomic E-state index is 0.228. The highest BCUT2D eigenvalue weighted by Crippen LogP contribution is 2.47. The first kappa shape index (κ1) is 20.7. The monoisotopic (exact) mass is 390 g/mol. The summed E-state index contributed by atoms with van der Waals surface area (Å²) in [6, 6.07) is 0. The van der Waals surface area contributed by atoms with Crippen LogP contribution in [0.3, 0.4) is 0 Å². The first-order valence-electron chi connectivity index (χ1n) is 9.26. The molecule has 0 saturated heterocycles. The van der Waals surface area contributed by atoms with Gasteiger partial charge in [-0.05, 0) is 25.7 Å². The molecule has 0 aromatic carbocycles. The van der Waals surface area contributed by atoms with Crippen molar-refractivity contribution in [2.45, 2.75) is 87.5 Å². The molecule has 2 saturated carbocycles. The van der Waals surface area contributed by atoms with Crippen molar-refractivity contribution in [3.63, 3.8) is 0 Å². The standard InChI is InChI=1S/C18H30O5S2/c1-15(19)22-13-17(9-5-3-6-10-17)24-25(21)18(14-23-16(2)20)11-7-4-8-12-18/h3-14H2,1-2H3/t25-/m0/s1. The second kappa shape index (κ2) is 9.40. The fraction of sp³-hybridized carbons (Fsp3) is 0.889. The lowest BCUT2D eigenvalue weighted by molar-refractivity contribution is -0.143. The van der Waals surface area contributed by atoms with Crippen LogP contribution < -0.4 is 0 Å². The third-order valence-corrected chi connectivity index (χ3v) is 10.1. The Kier molecular flexibility index (Phi) is 7.80. The Morgan fingerprint density at radius 2 is 1.32 bits per heavy atom. The summed E-state index contributed by atoms with van der Waals surface area (Å²) >= 11 is 0. The first-order valence-corrected chi connectivity index (χ1v) is 11.7. The predicted octanol–water partition coefficient (Wildman–Crippen LogP) is 3.92. The van der Waals surface area contributed by atoms with E-state index in [1.54, 1.807) is 0 Å². The molecule has 0 bridgehead atoms. The molecule has 7 heteroatoms. The van der Waals surface area contributed by atoms with Gasteiger partial charge in [0.1, 0.15) is 13.2 Å². The van der Waals surface area contributed by atoms with E-state index in [4.69, 9.17) is 9.47 Å². The maximum atomic E-state index is 13.4. The van der Waals surface area contributed by atoms with Crippen LogP contribution in [0, 0.1) is 0 Å². The highest BCUT2D eigenvalue weighted by molar-refractivity contribution is 8.70. The second-order valence-corrected chi connectivity index (χ2v) is 11.1. The van der Waals surface area contributed by atoms with Gasteiger partial charge >= 0.3 is 11.9 Å². The zero-order chi connectivity index (χ0) is 18.3. The Bertz CT molecular complexity index is 494. The van der Waals surface area contributed by atoms with Crippen molar-refractivity contribution in [1.82, 2.24) is 0 Å². The predicted molar refractivity (Wildman–Crippen MR) is 101 cm³/mol. The van der Waals surface area contributed by atoms with Crippen molar-refractivity contribution in [2.24, 2.45) is 0 Å². The van der Waals surface area contributed by atoms with E-state index in [0.717, 1.165) is 57.8 Å². The quantitative estimate of drug-likeness (QED) is 0.485. The minimum atomic E-state index is -1.18. The van der Waals surface area contributed by atoms with Gasteiger partial charge in [0.25, 0.3) is 0 Å². The number of hydrogen-bond acceptors (Lipinski definition) is 6. The molecular formula is C18H30O5S2. The molecule has 0 heterocycles. The fourth-order valence-electron chi connectivity index (χ4n) is 3.72. The molecule has 0 aromatic rings. The lowest BCUT2D eigenvalue weighted by atomic mass is 9.89. The summed E-state index contributed by atoms with van der Waals surface area (Å²) in [5.41, 5.74) is 0. The highest BCUT2D eigenvalue weighted by Gasteiger charge is 2.45. The Morgan fingerprint density at radius 3 is 1.84 bits per heavy atom. The molecule has 0 aliphatic heterocycles. The Balaban J connectivity index is 2.12. The summed E-state index contributed by atoms with van der Waals surface area (Å²) in [4.78, 5) is 22.6. The summed E-state index contributed by atoms with van der Waals surface area (Å²) in [7, 11) is 0.286. The SMILES string of the molecule is CC(=O)OCC1(S[S@](=O)C2(COC(C)=O)CCCCC2)CCCCC1. The summed E-state index contributed by atoms with van der Waals surface area (Å²) in [6.45, 7) is 3.37. The fourth-order valence-corrected chi connectivity index (χ4v) is 8.34. The number of rotatable bonds is 7. The third kappa shape index (κ3) is 5.98. The molecular weight excluding hydrogens is 360 g/mol. The van der Waals surface area contributed by atoms with E-state index < -0.39 is 14.6 Å².